The third kappa shape index (κ3) is 4.46. The van der Waals surface area contributed by atoms with E-state index in [-0.39, 0.29) is 17.1 Å². The molecule has 0 fully saturated rings. The highest BCUT2D eigenvalue weighted by Gasteiger charge is 2.25. The minimum atomic E-state index is -1.09. The molecule has 0 amide bonds. The van der Waals surface area contributed by atoms with E-state index in [2.05, 4.69) is 6.07 Å². The van der Waals surface area contributed by atoms with Crippen LogP contribution in [0.25, 0.3) is 0 Å². The number of carbonyl (C=O) groups is 1. The lowest BCUT2D eigenvalue weighted by atomic mass is 10.1. The third-order valence-electron chi connectivity index (χ3n) is 3.28. The molecule has 1 rings (SSSR count). The molecule has 1 aromatic rings. The zero-order valence-electron chi connectivity index (χ0n) is 12.2. The van der Waals surface area contributed by atoms with Crippen LogP contribution in [0.15, 0.2) is 18.2 Å². The molecule has 0 aliphatic carbocycles. The highest BCUT2D eigenvalue weighted by molar-refractivity contribution is 7.84. The standard InChI is InChI=1S/C15H22O3S/c1-10-6-11(2)8-14(7-10)9-19(17)13(4)12(3)15(16)18-5/h6-8,12-13H,9H2,1-5H3. The first kappa shape index (κ1) is 15.9. The smallest absolute Gasteiger partial charge is 0.309 e. The fraction of sp³-hybridized carbons (Fsp3) is 0.533. The van der Waals surface area contributed by atoms with Crippen LogP contribution in [0.5, 0.6) is 0 Å². The molecule has 1 aromatic carbocycles. The number of hydrogen-bond donors (Lipinski definition) is 0. The largest absolute Gasteiger partial charge is 0.469 e. The first-order valence-electron chi connectivity index (χ1n) is 6.37. The number of ether oxygens (including phenoxy) is 1. The Morgan fingerprint density at radius 3 is 2.21 bits per heavy atom. The Hall–Kier alpha value is -1.16. The molecular formula is C15H22O3S. The summed E-state index contributed by atoms with van der Waals surface area (Å²) in [5.41, 5.74) is 3.39. The van der Waals surface area contributed by atoms with Crippen LogP contribution < -0.4 is 0 Å². The summed E-state index contributed by atoms with van der Waals surface area (Å²) in [5.74, 6) is -0.177. The topological polar surface area (TPSA) is 43.4 Å². The molecule has 0 spiro atoms. The molecule has 0 radical (unpaired) electrons. The van der Waals surface area contributed by atoms with Gasteiger partial charge in [0.15, 0.2) is 0 Å². The van der Waals surface area contributed by atoms with Crippen molar-refractivity contribution in [3.05, 3.63) is 34.9 Å². The monoisotopic (exact) mass is 282 g/mol. The van der Waals surface area contributed by atoms with Crippen LogP contribution in [0.3, 0.4) is 0 Å². The minimum absolute atomic E-state index is 0.215. The second-order valence-corrected chi connectivity index (χ2v) is 6.83. The Morgan fingerprint density at radius 1 is 1.21 bits per heavy atom. The molecule has 0 saturated heterocycles. The molecule has 0 saturated carbocycles. The van der Waals surface area contributed by atoms with Gasteiger partial charge in [-0.2, -0.15) is 0 Å². The van der Waals surface area contributed by atoms with E-state index in [9.17, 15) is 9.00 Å². The molecule has 0 N–H and O–H groups in total. The maximum Gasteiger partial charge on any atom is 0.309 e. The highest BCUT2D eigenvalue weighted by Crippen LogP contribution is 2.17. The molecule has 0 heterocycles. The van der Waals surface area contributed by atoms with Crippen LogP contribution in [0, 0.1) is 19.8 Å². The van der Waals surface area contributed by atoms with Gasteiger partial charge in [0.05, 0.1) is 13.0 Å². The van der Waals surface area contributed by atoms with Gasteiger partial charge in [-0.25, -0.2) is 0 Å². The second kappa shape index (κ2) is 6.85. The fourth-order valence-electron chi connectivity index (χ4n) is 2.05. The van der Waals surface area contributed by atoms with Crippen molar-refractivity contribution in [2.24, 2.45) is 5.92 Å². The van der Waals surface area contributed by atoms with Crippen molar-refractivity contribution in [1.82, 2.24) is 0 Å². The number of methoxy groups -OCH3 is 1. The summed E-state index contributed by atoms with van der Waals surface area (Å²) in [6, 6.07) is 6.17. The molecule has 3 unspecified atom stereocenters. The number of carbonyl (C=O) groups excluding carboxylic acids is 1. The average Bonchev–Trinajstić information content (AvgIpc) is 2.34. The van der Waals surface area contributed by atoms with E-state index in [1.165, 1.54) is 18.2 Å². The van der Waals surface area contributed by atoms with E-state index in [1.807, 2.05) is 32.9 Å². The lowest BCUT2D eigenvalue weighted by molar-refractivity contribution is -0.144. The first-order chi connectivity index (χ1) is 8.85. The van der Waals surface area contributed by atoms with Gasteiger partial charge in [-0.3, -0.25) is 9.00 Å². The lowest BCUT2D eigenvalue weighted by Crippen LogP contribution is -2.28. The van der Waals surface area contributed by atoms with Gasteiger partial charge in [0.2, 0.25) is 0 Å². The van der Waals surface area contributed by atoms with Crippen LogP contribution in [-0.4, -0.2) is 22.5 Å². The number of hydrogen-bond acceptors (Lipinski definition) is 3. The molecule has 19 heavy (non-hydrogen) atoms. The zero-order chi connectivity index (χ0) is 14.6. The van der Waals surface area contributed by atoms with E-state index >= 15 is 0 Å². The normalized spacial score (nSPS) is 15.6. The van der Waals surface area contributed by atoms with Gasteiger partial charge in [0.1, 0.15) is 0 Å². The molecule has 4 heteroatoms. The molecular weight excluding hydrogens is 260 g/mol. The van der Waals surface area contributed by atoms with Crippen molar-refractivity contribution >= 4 is 16.8 Å². The molecule has 3 nitrogen and oxygen atoms in total. The van der Waals surface area contributed by atoms with Crippen molar-refractivity contribution in [3.63, 3.8) is 0 Å². The van der Waals surface area contributed by atoms with Crippen molar-refractivity contribution < 1.29 is 13.7 Å². The van der Waals surface area contributed by atoms with Gasteiger partial charge in [0.25, 0.3) is 0 Å². The van der Waals surface area contributed by atoms with Gasteiger partial charge >= 0.3 is 5.97 Å². The summed E-state index contributed by atoms with van der Waals surface area (Å²) in [7, 11) is 0.274. The van der Waals surface area contributed by atoms with Gasteiger partial charge in [-0.05, 0) is 26.3 Å². The Bertz CT molecular complexity index is 462. The molecule has 0 aliphatic heterocycles. The lowest BCUT2D eigenvalue weighted by Gasteiger charge is -2.17. The Labute approximate surface area is 117 Å². The minimum Gasteiger partial charge on any atom is -0.469 e. The average molecular weight is 282 g/mol. The van der Waals surface area contributed by atoms with Gasteiger partial charge < -0.3 is 4.74 Å². The molecule has 0 bridgehead atoms. The van der Waals surface area contributed by atoms with E-state index < -0.39 is 10.8 Å². The summed E-state index contributed by atoms with van der Waals surface area (Å²) in [6.07, 6.45) is 0. The van der Waals surface area contributed by atoms with Crippen LogP contribution in [0.1, 0.15) is 30.5 Å². The maximum absolute atomic E-state index is 12.3. The van der Waals surface area contributed by atoms with Crippen molar-refractivity contribution in [1.29, 1.82) is 0 Å². The predicted octanol–water partition coefficient (Wildman–Crippen LogP) is 2.75. The number of benzene rings is 1. The van der Waals surface area contributed by atoms with Crippen molar-refractivity contribution in [2.45, 2.75) is 38.7 Å². The van der Waals surface area contributed by atoms with Gasteiger partial charge in [0, 0.05) is 21.8 Å². The second-order valence-electron chi connectivity index (χ2n) is 5.04. The summed E-state index contributed by atoms with van der Waals surface area (Å²) >= 11 is 0. The van der Waals surface area contributed by atoms with Gasteiger partial charge in [-0.1, -0.05) is 36.2 Å². The van der Waals surface area contributed by atoms with E-state index in [0.29, 0.717) is 5.75 Å². The highest BCUT2D eigenvalue weighted by atomic mass is 32.2. The summed E-state index contributed by atoms with van der Waals surface area (Å²) < 4.78 is 17.0. The van der Waals surface area contributed by atoms with Crippen LogP contribution in [0.4, 0.5) is 0 Å². The predicted molar refractivity (Wildman–Crippen MR) is 78.4 cm³/mol. The number of rotatable bonds is 5. The van der Waals surface area contributed by atoms with Crippen LogP contribution in [-0.2, 0) is 26.1 Å². The SMILES string of the molecule is COC(=O)C(C)C(C)S(=O)Cc1cc(C)cc(C)c1. The van der Waals surface area contributed by atoms with E-state index in [0.717, 1.165) is 5.56 Å². The Morgan fingerprint density at radius 2 is 1.74 bits per heavy atom. The summed E-state index contributed by atoms with van der Waals surface area (Å²) in [5, 5.41) is -0.215. The maximum atomic E-state index is 12.3. The number of esters is 1. The first-order valence-corrected chi connectivity index (χ1v) is 7.75. The van der Waals surface area contributed by atoms with E-state index in [1.54, 1.807) is 6.92 Å². The van der Waals surface area contributed by atoms with E-state index in [4.69, 9.17) is 4.74 Å². The quantitative estimate of drug-likeness (QED) is 0.780. The molecule has 0 aliphatic rings. The van der Waals surface area contributed by atoms with Crippen LogP contribution in [0.2, 0.25) is 0 Å². The van der Waals surface area contributed by atoms with Crippen molar-refractivity contribution in [3.8, 4) is 0 Å². The summed E-state index contributed by atoms with van der Waals surface area (Å²) in [4.78, 5) is 11.5. The molecule has 3 atom stereocenters. The van der Waals surface area contributed by atoms with Crippen LogP contribution >= 0.6 is 0 Å². The Balaban J connectivity index is 2.76. The Kier molecular flexibility index (Phi) is 5.73. The number of aryl methyl sites for hydroxylation is 2. The van der Waals surface area contributed by atoms with Crippen molar-refractivity contribution in [2.75, 3.05) is 7.11 Å². The summed E-state index contributed by atoms with van der Waals surface area (Å²) in [6.45, 7) is 7.65. The van der Waals surface area contributed by atoms with Gasteiger partial charge in [-0.15, -0.1) is 0 Å². The fourth-order valence-corrected chi connectivity index (χ4v) is 3.38. The third-order valence-corrected chi connectivity index (χ3v) is 5.14. The molecule has 0 aromatic heterocycles. The zero-order valence-corrected chi connectivity index (χ0v) is 13.0. The molecule has 106 valence electrons.